The van der Waals surface area contributed by atoms with Gasteiger partial charge in [0.15, 0.2) is 0 Å². The van der Waals surface area contributed by atoms with Crippen molar-refractivity contribution >= 4 is 5.97 Å². The largest absolute Gasteiger partial charge is 0.461 e. The summed E-state index contributed by atoms with van der Waals surface area (Å²) < 4.78 is 11.0. The minimum absolute atomic E-state index is 0.0166. The average molecular weight is 347 g/mol. The fourth-order valence-corrected chi connectivity index (χ4v) is 4.13. The second kappa shape index (κ2) is 7.49. The van der Waals surface area contributed by atoms with Crippen molar-refractivity contribution in [2.75, 3.05) is 6.61 Å². The molecule has 2 aliphatic rings. The van der Waals surface area contributed by atoms with Crippen molar-refractivity contribution in [3.05, 3.63) is 36.5 Å². The van der Waals surface area contributed by atoms with Gasteiger partial charge in [0.2, 0.25) is 0 Å². The van der Waals surface area contributed by atoms with E-state index >= 15 is 0 Å². The Morgan fingerprint density at radius 3 is 2.44 bits per heavy atom. The quantitative estimate of drug-likeness (QED) is 0.360. The van der Waals surface area contributed by atoms with Gasteiger partial charge in [0, 0.05) is 6.92 Å². The minimum Gasteiger partial charge on any atom is -0.461 e. The van der Waals surface area contributed by atoms with Crippen LogP contribution in [0, 0.1) is 17.3 Å². The Kier molecular flexibility index (Phi) is 5.98. The Morgan fingerprint density at radius 2 is 1.96 bits per heavy atom. The lowest BCUT2D eigenvalue weighted by atomic mass is 9.61. The molecule has 2 rings (SSSR count). The first-order valence-electron chi connectivity index (χ1n) is 9.38. The zero-order valence-electron chi connectivity index (χ0n) is 16.6. The van der Waals surface area contributed by atoms with Crippen molar-refractivity contribution < 1.29 is 14.3 Å². The summed E-state index contributed by atoms with van der Waals surface area (Å²) in [6.07, 6.45) is 8.73. The maximum absolute atomic E-state index is 11.3. The van der Waals surface area contributed by atoms with E-state index in [2.05, 4.69) is 53.0 Å². The van der Waals surface area contributed by atoms with Crippen LogP contribution < -0.4 is 0 Å². The zero-order chi connectivity index (χ0) is 18.8. The summed E-state index contributed by atoms with van der Waals surface area (Å²) in [5.74, 6) is 0.617. The second-order valence-electron chi connectivity index (χ2n) is 8.59. The molecule has 3 nitrogen and oxygen atoms in total. The molecule has 0 aromatic heterocycles. The van der Waals surface area contributed by atoms with Gasteiger partial charge in [-0.1, -0.05) is 31.2 Å². The van der Waals surface area contributed by atoms with Crippen LogP contribution in [0.4, 0.5) is 0 Å². The highest BCUT2D eigenvalue weighted by atomic mass is 16.6. The van der Waals surface area contributed by atoms with Crippen LogP contribution in [0.15, 0.2) is 36.5 Å². The van der Waals surface area contributed by atoms with Crippen molar-refractivity contribution in [2.45, 2.75) is 72.0 Å². The maximum atomic E-state index is 11.3. The van der Waals surface area contributed by atoms with Crippen LogP contribution in [0.3, 0.4) is 0 Å². The first kappa shape index (κ1) is 20.0. The van der Waals surface area contributed by atoms with Gasteiger partial charge < -0.3 is 9.47 Å². The van der Waals surface area contributed by atoms with E-state index in [0.29, 0.717) is 18.4 Å². The number of hydrogen-bond acceptors (Lipinski definition) is 3. The van der Waals surface area contributed by atoms with Gasteiger partial charge in [-0.3, -0.25) is 4.79 Å². The normalized spacial score (nSPS) is 34.3. The van der Waals surface area contributed by atoms with Crippen LogP contribution in [-0.4, -0.2) is 24.3 Å². The highest BCUT2D eigenvalue weighted by Gasteiger charge is 2.47. The third kappa shape index (κ3) is 4.84. The van der Waals surface area contributed by atoms with Gasteiger partial charge in [-0.15, -0.1) is 6.58 Å². The van der Waals surface area contributed by atoms with E-state index in [1.54, 1.807) is 0 Å². The van der Waals surface area contributed by atoms with Gasteiger partial charge in [0.25, 0.3) is 0 Å². The van der Waals surface area contributed by atoms with Crippen LogP contribution in [0.25, 0.3) is 0 Å². The fourth-order valence-electron chi connectivity index (χ4n) is 4.13. The van der Waals surface area contributed by atoms with Crippen LogP contribution in [-0.2, 0) is 14.3 Å². The molecule has 2 fully saturated rings. The molecule has 1 heterocycles. The lowest BCUT2D eigenvalue weighted by Crippen LogP contribution is -2.34. The van der Waals surface area contributed by atoms with Gasteiger partial charge >= 0.3 is 5.97 Å². The molecule has 140 valence electrons. The number of carbonyl (C=O) groups is 1. The standard InChI is InChI=1S/C22H34O3/c1-8-22(7)12-11-17(13-19(22)15(2)3)18(14-24-16(4)23)9-10-20-21(5,6)25-20/h8-9,17,19-20H,1-2,10-14H2,3-7H3/b18-9+/t17-,19+,20+,22-/m0/s1. The van der Waals surface area contributed by atoms with Gasteiger partial charge in [0.05, 0.1) is 11.7 Å². The lowest BCUT2D eigenvalue weighted by molar-refractivity contribution is -0.140. The molecule has 1 saturated heterocycles. The van der Waals surface area contributed by atoms with Gasteiger partial charge in [-0.25, -0.2) is 0 Å². The molecule has 1 saturated carbocycles. The number of rotatable bonds is 7. The molecule has 0 N–H and O–H groups in total. The molecular formula is C22H34O3. The molecule has 4 atom stereocenters. The number of carbonyl (C=O) groups excluding carboxylic acids is 1. The maximum Gasteiger partial charge on any atom is 0.302 e. The summed E-state index contributed by atoms with van der Waals surface area (Å²) in [4.78, 5) is 11.3. The van der Waals surface area contributed by atoms with E-state index in [-0.39, 0.29) is 23.1 Å². The van der Waals surface area contributed by atoms with E-state index < -0.39 is 0 Å². The third-order valence-electron chi connectivity index (χ3n) is 6.13. The Hall–Kier alpha value is -1.35. The first-order valence-corrected chi connectivity index (χ1v) is 9.38. The van der Waals surface area contributed by atoms with Crippen molar-refractivity contribution in [1.29, 1.82) is 0 Å². The van der Waals surface area contributed by atoms with Crippen LogP contribution in [0.5, 0.6) is 0 Å². The molecular weight excluding hydrogens is 312 g/mol. The number of hydrogen-bond donors (Lipinski definition) is 0. The molecule has 0 radical (unpaired) electrons. The summed E-state index contributed by atoms with van der Waals surface area (Å²) >= 11 is 0. The van der Waals surface area contributed by atoms with Crippen LogP contribution in [0.1, 0.15) is 60.3 Å². The Labute approximate surface area is 153 Å². The summed E-state index contributed by atoms with van der Waals surface area (Å²) in [6.45, 7) is 18.8. The minimum atomic E-state index is -0.225. The van der Waals surface area contributed by atoms with E-state index in [4.69, 9.17) is 9.47 Å². The molecule has 0 spiro atoms. The molecule has 0 bridgehead atoms. The van der Waals surface area contributed by atoms with Crippen molar-refractivity contribution in [3.63, 3.8) is 0 Å². The molecule has 0 amide bonds. The predicted molar refractivity (Wildman–Crippen MR) is 102 cm³/mol. The summed E-state index contributed by atoms with van der Waals surface area (Å²) in [7, 11) is 0. The number of allylic oxidation sites excluding steroid dienone is 2. The topological polar surface area (TPSA) is 38.8 Å². The monoisotopic (exact) mass is 346 g/mol. The summed E-state index contributed by atoms with van der Waals surface area (Å²) in [5.41, 5.74) is 2.54. The molecule has 0 aromatic rings. The van der Waals surface area contributed by atoms with Crippen LogP contribution in [0.2, 0.25) is 0 Å². The van der Waals surface area contributed by atoms with E-state index in [0.717, 1.165) is 25.7 Å². The van der Waals surface area contributed by atoms with E-state index in [1.165, 1.54) is 18.1 Å². The molecule has 0 aromatic carbocycles. The molecule has 25 heavy (non-hydrogen) atoms. The number of ether oxygens (including phenoxy) is 2. The fraction of sp³-hybridized carbons (Fsp3) is 0.682. The number of epoxide rings is 1. The van der Waals surface area contributed by atoms with Gasteiger partial charge in [0.1, 0.15) is 6.61 Å². The molecule has 3 heteroatoms. The average Bonchev–Trinajstić information content (AvgIpc) is 3.14. The highest BCUT2D eigenvalue weighted by Crippen LogP contribution is 2.49. The lowest BCUT2D eigenvalue weighted by Gasteiger charge is -2.44. The molecule has 1 aliphatic carbocycles. The Balaban J connectivity index is 2.13. The van der Waals surface area contributed by atoms with Crippen molar-refractivity contribution in [1.82, 2.24) is 0 Å². The second-order valence-corrected chi connectivity index (χ2v) is 8.59. The predicted octanol–water partition coefficient (Wildman–Crippen LogP) is 5.23. The van der Waals surface area contributed by atoms with E-state index in [9.17, 15) is 4.79 Å². The SMILES string of the molecule is C=C[C@@]1(C)CC[C@H](/C(=C/C[C@H]2OC2(C)C)COC(C)=O)C[C@@H]1C(=C)C. The Morgan fingerprint density at radius 1 is 1.32 bits per heavy atom. The molecule has 1 aliphatic heterocycles. The highest BCUT2D eigenvalue weighted by molar-refractivity contribution is 5.66. The first-order chi connectivity index (χ1) is 11.6. The molecule has 0 unspecified atom stereocenters. The van der Waals surface area contributed by atoms with Gasteiger partial charge in [-0.2, -0.15) is 0 Å². The summed E-state index contributed by atoms with van der Waals surface area (Å²) in [5, 5.41) is 0. The Bertz CT molecular complexity index is 572. The van der Waals surface area contributed by atoms with Crippen molar-refractivity contribution in [2.24, 2.45) is 17.3 Å². The third-order valence-corrected chi connectivity index (χ3v) is 6.13. The zero-order valence-corrected chi connectivity index (χ0v) is 16.6. The van der Waals surface area contributed by atoms with E-state index in [1.807, 2.05) is 0 Å². The van der Waals surface area contributed by atoms with Crippen LogP contribution >= 0.6 is 0 Å². The van der Waals surface area contributed by atoms with Crippen molar-refractivity contribution in [3.8, 4) is 0 Å². The van der Waals surface area contributed by atoms with Gasteiger partial charge in [-0.05, 0) is 69.3 Å². The smallest absolute Gasteiger partial charge is 0.302 e. The summed E-state index contributed by atoms with van der Waals surface area (Å²) in [6, 6.07) is 0. The number of esters is 1.